The van der Waals surface area contributed by atoms with Crippen LogP contribution in [0.15, 0.2) is 0 Å². The Morgan fingerprint density at radius 2 is 2.07 bits per heavy atom. The van der Waals surface area contributed by atoms with E-state index in [0.29, 0.717) is 5.41 Å². The van der Waals surface area contributed by atoms with Crippen LogP contribution in [0.1, 0.15) is 45.4 Å². The van der Waals surface area contributed by atoms with Gasteiger partial charge in [-0.25, -0.2) is 0 Å². The monoisotopic (exact) mass is 199 g/mol. The average molecular weight is 199 g/mol. The van der Waals surface area contributed by atoms with Crippen molar-refractivity contribution in [2.24, 2.45) is 5.41 Å². The van der Waals surface area contributed by atoms with E-state index in [1.807, 2.05) is 7.11 Å². The van der Waals surface area contributed by atoms with Crippen molar-refractivity contribution >= 4 is 0 Å². The van der Waals surface area contributed by atoms with Crippen LogP contribution in [-0.4, -0.2) is 26.8 Å². The first-order chi connectivity index (χ1) is 6.83. The van der Waals surface area contributed by atoms with E-state index in [4.69, 9.17) is 4.74 Å². The van der Waals surface area contributed by atoms with Gasteiger partial charge in [-0.3, -0.25) is 0 Å². The van der Waals surface area contributed by atoms with Crippen molar-refractivity contribution in [3.8, 4) is 0 Å². The molecule has 84 valence electrons. The highest BCUT2D eigenvalue weighted by molar-refractivity contribution is 4.89. The topological polar surface area (TPSA) is 21.3 Å². The average Bonchev–Trinajstić information content (AvgIpc) is 2.13. The Morgan fingerprint density at radius 1 is 1.29 bits per heavy atom. The number of hydrogen-bond donors (Lipinski definition) is 1. The lowest BCUT2D eigenvalue weighted by atomic mass is 9.69. The smallest absolute Gasteiger partial charge is 0.0530 e. The summed E-state index contributed by atoms with van der Waals surface area (Å²) in [5.74, 6) is 0. The maximum Gasteiger partial charge on any atom is 0.0530 e. The molecule has 1 rings (SSSR count). The summed E-state index contributed by atoms with van der Waals surface area (Å²) < 4.78 is 5.29. The number of hydrogen-bond acceptors (Lipinski definition) is 2. The molecule has 1 fully saturated rings. The van der Waals surface area contributed by atoms with Crippen molar-refractivity contribution in [2.45, 2.75) is 45.4 Å². The predicted octanol–water partition coefficient (Wildman–Crippen LogP) is 2.58. The number of rotatable bonds is 8. The fourth-order valence-electron chi connectivity index (χ4n) is 2.21. The van der Waals surface area contributed by atoms with Gasteiger partial charge >= 0.3 is 0 Å². The molecule has 0 aromatic heterocycles. The maximum atomic E-state index is 5.29. The van der Waals surface area contributed by atoms with Crippen molar-refractivity contribution < 1.29 is 4.74 Å². The number of methoxy groups -OCH3 is 1. The summed E-state index contributed by atoms with van der Waals surface area (Å²) in [6.07, 6.45) is 8.07. The quantitative estimate of drug-likeness (QED) is 0.607. The molecule has 1 N–H and O–H groups in total. The molecule has 2 heteroatoms. The third kappa shape index (κ3) is 3.58. The second-order valence-corrected chi connectivity index (χ2v) is 4.67. The van der Waals surface area contributed by atoms with Gasteiger partial charge in [-0.05, 0) is 25.8 Å². The van der Waals surface area contributed by atoms with Crippen molar-refractivity contribution in [1.29, 1.82) is 0 Å². The van der Waals surface area contributed by atoms with Gasteiger partial charge in [0.1, 0.15) is 0 Å². The molecule has 0 unspecified atom stereocenters. The molecule has 0 aliphatic heterocycles. The standard InChI is InChI=1S/C12H25NO/c1-3-4-5-9-13-10-12(11-14-2)7-6-8-12/h13H,3-11H2,1-2H3. The van der Waals surface area contributed by atoms with Gasteiger partial charge in [0.05, 0.1) is 6.61 Å². The van der Waals surface area contributed by atoms with E-state index in [0.717, 1.165) is 13.2 Å². The van der Waals surface area contributed by atoms with Gasteiger partial charge in [0.15, 0.2) is 0 Å². The van der Waals surface area contributed by atoms with E-state index in [-0.39, 0.29) is 0 Å². The molecular formula is C12H25NO. The van der Waals surface area contributed by atoms with E-state index in [9.17, 15) is 0 Å². The minimum absolute atomic E-state index is 0.487. The van der Waals surface area contributed by atoms with Gasteiger partial charge in [-0.1, -0.05) is 26.2 Å². The van der Waals surface area contributed by atoms with Crippen LogP contribution in [-0.2, 0) is 4.74 Å². The fourth-order valence-corrected chi connectivity index (χ4v) is 2.21. The van der Waals surface area contributed by atoms with E-state index >= 15 is 0 Å². The van der Waals surface area contributed by atoms with E-state index in [1.54, 1.807) is 0 Å². The third-order valence-corrected chi connectivity index (χ3v) is 3.32. The summed E-state index contributed by atoms with van der Waals surface area (Å²) in [7, 11) is 1.82. The molecule has 0 aromatic rings. The Balaban J connectivity index is 2.03. The molecule has 2 nitrogen and oxygen atoms in total. The van der Waals surface area contributed by atoms with Gasteiger partial charge in [-0.2, -0.15) is 0 Å². The van der Waals surface area contributed by atoms with Gasteiger partial charge in [0, 0.05) is 19.1 Å². The van der Waals surface area contributed by atoms with Crippen molar-refractivity contribution in [1.82, 2.24) is 5.32 Å². The molecule has 1 saturated carbocycles. The molecule has 0 saturated heterocycles. The summed E-state index contributed by atoms with van der Waals surface area (Å²) in [6.45, 7) is 5.52. The Kier molecular flexibility index (Phi) is 5.49. The first kappa shape index (κ1) is 12.0. The highest BCUT2D eigenvalue weighted by Gasteiger charge is 2.36. The SMILES string of the molecule is CCCCCNCC1(COC)CCC1. The summed E-state index contributed by atoms with van der Waals surface area (Å²) >= 11 is 0. The lowest BCUT2D eigenvalue weighted by Crippen LogP contribution is -2.43. The van der Waals surface area contributed by atoms with E-state index in [2.05, 4.69) is 12.2 Å². The lowest BCUT2D eigenvalue weighted by molar-refractivity contribution is 0.0180. The second-order valence-electron chi connectivity index (χ2n) is 4.67. The Labute approximate surface area is 88.4 Å². The molecule has 0 aromatic carbocycles. The fraction of sp³-hybridized carbons (Fsp3) is 1.00. The molecule has 0 amide bonds. The number of ether oxygens (including phenoxy) is 1. The largest absolute Gasteiger partial charge is 0.384 e. The molecule has 1 aliphatic rings. The molecule has 14 heavy (non-hydrogen) atoms. The van der Waals surface area contributed by atoms with Crippen LogP contribution >= 0.6 is 0 Å². The van der Waals surface area contributed by atoms with Crippen LogP contribution in [0.3, 0.4) is 0 Å². The zero-order valence-corrected chi connectivity index (χ0v) is 9.77. The van der Waals surface area contributed by atoms with E-state index < -0.39 is 0 Å². The zero-order chi connectivity index (χ0) is 10.3. The normalized spacial score (nSPS) is 19.3. The molecule has 0 atom stereocenters. The van der Waals surface area contributed by atoms with Crippen LogP contribution in [0.25, 0.3) is 0 Å². The van der Waals surface area contributed by atoms with Gasteiger partial charge in [0.25, 0.3) is 0 Å². The molecule has 0 bridgehead atoms. The summed E-state index contributed by atoms with van der Waals surface area (Å²) in [5, 5.41) is 3.57. The third-order valence-electron chi connectivity index (χ3n) is 3.32. The highest BCUT2D eigenvalue weighted by atomic mass is 16.5. The Bertz CT molecular complexity index is 143. The molecule has 0 spiro atoms. The highest BCUT2D eigenvalue weighted by Crippen LogP contribution is 2.40. The lowest BCUT2D eigenvalue weighted by Gasteiger charge is -2.41. The summed E-state index contributed by atoms with van der Waals surface area (Å²) in [4.78, 5) is 0. The zero-order valence-electron chi connectivity index (χ0n) is 9.77. The molecule has 1 aliphatic carbocycles. The Hall–Kier alpha value is -0.0800. The molecule has 0 heterocycles. The Morgan fingerprint density at radius 3 is 2.57 bits per heavy atom. The summed E-state index contributed by atoms with van der Waals surface area (Å²) in [5.41, 5.74) is 0.487. The minimum atomic E-state index is 0.487. The van der Waals surface area contributed by atoms with Gasteiger partial charge in [0.2, 0.25) is 0 Å². The maximum absolute atomic E-state index is 5.29. The van der Waals surface area contributed by atoms with Gasteiger partial charge < -0.3 is 10.1 Å². The van der Waals surface area contributed by atoms with Crippen LogP contribution in [0.5, 0.6) is 0 Å². The van der Waals surface area contributed by atoms with E-state index in [1.165, 1.54) is 45.1 Å². The minimum Gasteiger partial charge on any atom is -0.384 e. The van der Waals surface area contributed by atoms with Gasteiger partial charge in [-0.15, -0.1) is 0 Å². The van der Waals surface area contributed by atoms with Crippen molar-refractivity contribution in [3.05, 3.63) is 0 Å². The van der Waals surface area contributed by atoms with Crippen LogP contribution in [0.4, 0.5) is 0 Å². The first-order valence-electron chi connectivity index (χ1n) is 6.03. The number of unbranched alkanes of at least 4 members (excludes halogenated alkanes) is 2. The van der Waals surface area contributed by atoms with Crippen LogP contribution in [0.2, 0.25) is 0 Å². The predicted molar refractivity (Wildman–Crippen MR) is 60.6 cm³/mol. The van der Waals surface area contributed by atoms with Crippen molar-refractivity contribution in [3.63, 3.8) is 0 Å². The van der Waals surface area contributed by atoms with Crippen molar-refractivity contribution in [2.75, 3.05) is 26.8 Å². The molecular weight excluding hydrogens is 174 g/mol. The summed E-state index contributed by atoms with van der Waals surface area (Å²) in [6, 6.07) is 0. The number of nitrogens with one attached hydrogen (secondary N) is 1. The first-order valence-corrected chi connectivity index (χ1v) is 6.03. The molecule has 0 radical (unpaired) electrons. The second kappa shape index (κ2) is 6.41. The van der Waals surface area contributed by atoms with Crippen LogP contribution < -0.4 is 5.32 Å². The van der Waals surface area contributed by atoms with Crippen LogP contribution in [0, 0.1) is 5.41 Å².